The Morgan fingerprint density at radius 1 is 0.800 bits per heavy atom. The molecule has 0 spiro atoms. The second kappa shape index (κ2) is 31.0. The summed E-state index contributed by atoms with van der Waals surface area (Å²) in [6, 6.07) is 18.6. The molecule has 141 valence electrons. The Bertz CT molecular complexity index is 405. The molecule has 0 amide bonds. The van der Waals surface area contributed by atoms with Crippen molar-refractivity contribution in [3.63, 3.8) is 0 Å². The number of hydrogen-bond donors (Lipinski definition) is 1. The molecule has 0 aliphatic heterocycles. The van der Waals surface area contributed by atoms with Gasteiger partial charge in [0.1, 0.15) is 11.5 Å². The number of aromatic hydroxyl groups is 1. The van der Waals surface area contributed by atoms with Gasteiger partial charge in [0.2, 0.25) is 0 Å². The first-order valence-corrected chi connectivity index (χ1v) is 8.95. The summed E-state index contributed by atoms with van der Waals surface area (Å²) in [5, 5.41) is 8.63. The van der Waals surface area contributed by atoms with Gasteiger partial charge >= 0.3 is 0 Å². The molecule has 2 rings (SSSR count). The molecule has 0 aliphatic carbocycles. The van der Waals surface area contributed by atoms with Crippen LogP contribution in [0, 0.1) is 6.92 Å². The van der Waals surface area contributed by atoms with Crippen molar-refractivity contribution in [1.29, 1.82) is 0 Å². The Kier molecular flexibility index (Phi) is 39.5. The van der Waals surface area contributed by atoms with E-state index in [2.05, 4.69) is 13.8 Å². The zero-order valence-electron chi connectivity index (χ0n) is 17.0. The molecule has 1 N–H and O–H groups in total. The third kappa shape index (κ3) is 28.2. The predicted molar refractivity (Wildman–Crippen MR) is 109 cm³/mol. The Morgan fingerprint density at radius 3 is 1.44 bits per heavy atom. The Morgan fingerprint density at radius 2 is 1.16 bits per heavy atom. The average Bonchev–Trinajstić information content (AvgIpc) is 2.66. The molecule has 0 atom stereocenters. The molecule has 3 heteroatoms. The standard InChI is InChI=1S/C9H12O.C6H6O.C3H7.2C2H6.Y/c1-2-8-10-9-6-4-3-5-7-9;7-6-4-2-1-3-5-6;1-3-2;2*1-2;/h3-7H,2,8H2,1H3;1-5,7H;1,3H2,2H3;2*1-2H3;/q;;-1;;;. The van der Waals surface area contributed by atoms with E-state index in [0.717, 1.165) is 25.2 Å². The van der Waals surface area contributed by atoms with Crippen molar-refractivity contribution in [3.8, 4) is 11.5 Å². The fraction of sp³-hybridized carbons (Fsp3) is 0.409. The van der Waals surface area contributed by atoms with Gasteiger partial charge in [-0.15, -0.1) is 0 Å². The van der Waals surface area contributed by atoms with E-state index in [9.17, 15) is 0 Å². The second-order valence-electron chi connectivity index (χ2n) is 4.00. The van der Waals surface area contributed by atoms with Crippen LogP contribution in [-0.4, -0.2) is 11.7 Å². The van der Waals surface area contributed by atoms with Crippen LogP contribution in [0.25, 0.3) is 0 Å². The summed E-state index contributed by atoms with van der Waals surface area (Å²) < 4.78 is 5.36. The minimum absolute atomic E-state index is 0. The smallest absolute Gasteiger partial charge is 0.119 e. The Hall–Kier alpha value is -0.856. The molecule has 2 aromatic carbocycles. The molecule has 2 aromatic rings. The summed E-state index contributed by atoms with van der Waals surface area (Å²) in [5.41, 5.74) is 0. The van der Waals surface area contributed by atoms with Gasteiger partial charge in [-0.2, -0.15) is 6.42 Å². The van der Waals surface area contributed by atoms with E-state index in [1.807, 2.05) is 71.0 Å². The normalized spacial score (nSPS) is 7.32. The quantitative estimate of drug-likeness (QED) is 0.532. The van der Waals surface area contributed by atoms with E-state index >= 15 is 0 Å². The van der Waals surface area contributed by atoms with Gasteiger partial charge in [-0.05, 0) is 30.7 Å². The Balaban J connectivity index is -0.000000130. The van der Waals surface area contributed by atoms with Gasteiger partial charge in [0.05, 0.1) is 6.61 Å². The van der Waals surface area contributed by atoms with Crippen LogP contribution in [-0.2, 0) is 32.7 Å². The fourth-order valence-corrected chi connectivity index (χ4v) is 1.16. The maximum absolute atomic E-state index is 8.63. The van der Waals surface area contributed by atoms with E-state index in [0.29, 0.717) is 5.75 Å². The molecular formula is C22H37O2Y-. The third-order valence-corrected chi connectivity index (χ3v) is 1.97. The summed E-state index contributed by atoms with van der Waals surface area (Å²) in [5.74, 6) is 1.28. The molecule has 25 heavy (non-hydrogen) atoms. The summed E-state index contributed by atoms with van der Waals surface area (Å²) in [6.07, 6.45) is 2.06. The molecular weight excluding hydrogens is 385 g/mol. The first-order chi connectivity index (χ1) is 11.7. The van der Waals surface area contributed by atoms with Crippen molar-refractivity contribution in [2.24, 2.45) is 0 Å². The molecule has 1 radical (unpaired) electrons. The van der Waals surface area contributed by atoms with Gasteiger partial charge in [-0.25, -0.2) is 0 Å². The molecule has 0 fully saturated rings. The summed E-state index contributed by atoms with van der Waals surface area (Å²) >= 11 is 0. The number of phenolic OH excluding ortho intramolecular Hbond substituents is 1. The fourth-order valence-electron chi connectivity index (χ4n) is 1.16. The molecule has 2 nitrogen and oxygen atoms in total. The van der Waals surface area contributed by atoms with Crippen LogP contribution in [0.4, 0.5) is 0 Å². The first-order valence-electron chi connectivity index (χ1n) is 8.95. The van der Waals surface area contributed by atoms with Crippen molar-refractivity contribution in [3.05, 3.63) is 67.6 Å². The molecule has 0 unspecified atom stereocenters. The Labute approximate surface area is 181 Å². The maximum atomic E-state index is 8.63. The van der Waals surface area contributed by atoms with Gasteiger partial charge in [0.15, 0.2) is 0 Å². The molecule has 0 saturated carbocycles. The molecule has 0 bridgehead atoms. The van der Waals surface area contributed by atoms with Crippen LogP contribution in [0.1, 0.15) is 54.4 Å². The number of ether oxygens (including phenoxy) is 1. The van der Waals surface area contributed by atoms with Crippen molar-refractivity contribution in [2.75, 3.05) is 6.61 Å². The summed E-state index contributed by atoms with van der Waals surface area (Å²) in [7, 11) is 0. The van der Waals surface area contributed by atoms with Crippen LogP contribution in [0.3, 0.4) is 0 Å². The zero-order chi connectivity index (χ0) is 19.1. The molecule has 0 saturated heterocycles. The van der Waals surface area contributed by atoms with Gasteiger partial charge in [0, 0.05) is 32.7 Å². The zero-order valence-corrected chi connectivity index (χ0v) is 19.9. The summed E-state index contributed by atoms with van der Waals surface area (Å²) in [6.45, 7) is 16.4. The van der Waals surface area contributed by atoms with E-state index in [-0.39, 0.29) is 32.7 Å². The van der Waals surface area contributed by atoms with Gasteiger partial charge < -0.3 is 16.8 Å². The van der Waals surface area contributed by atoms with Gasteiger partial charge in [-0.1, -0.05) is 77.9 Å². The predicted octanol–water partition coefficient (Wildman–Crippen LogP) is 7.15. The number of para-hydroxylation sites is 2. The number of hydrogen-bond acceptors (Lipinski definition) is 2. The average molecular weight is 422 g/mol. The summed E-state index contributed by atoms with van der Waals surface area (Å²) in [4.78, 5) is 0. The molecule has 0 heterocycles. The largest absolute Gasteiger partial charge is 0.508 e. The van der Waals surface area contributed by atoms with Crippen molar-refractivity contribution in [2.45, 2.75) is 54.4 Å². The van der Waals surface area contributed by atoms with Gasteiger partial charge in [-0.3, -0.25) is 0 Å². The van der Waals surface area contributed by atoms with Crippen LogP contribution >= 0.6 is 0 Å². The minimum Gasteiger partial charge on any atom is -0.508 e. The van der Waals surface area contributed by atoms with Crippen LogP contribution in [0.5, 0.6) is 11.5 Å². The van der Waals surface area contributed by atoms with E-state index in [1.165, 1.54) is 0 Å². The minimum atomic E-state index is 0. The first kappa shape index (κ1) is 31.9. The third-order valence-electron chi connectivity index (χ3n) is 1.97. The van der Waals surface area contributed by atoms with Crippen LogP contribution in [0.2, 0.25) is 0 Å². The second-order valence-corrected chi connectivity index (χ2v) is 4.00. The number of phenols is 1. The van der Waals surface area contributed by atoms with Crippen molar-refractivity contribution >= 4 is 0 Å². The SMILES string of the molecule is CC.CC.CCCOc1ccccc1.Oc1ccccc1.[CH2-]CC.[Y]. The van der Waals surface area contributed by atoms with E-state index < -0.39 is 0 Å². The van der Waals surface area contributed by atoms with Gasteiger partial charge in [0.25, 0.3) is 0 Å². The molecule has 0 aromatic heterocycles. The van der Waals surface area contributed by atoms with Crippen molar-refractivity contribution < 1.29 is 42.6 Å². The number of benzene rings is 2. The topological polar surface area (TPSA) is 29.5 Å². The number of rotatable bonds is 3. The van der Waals surface area contributed by atoms with E-state index in [4.69, 9.17) is 9.84 Å². The van der Waals surface area contributed by atoms with Crippen LogP contribution < -0.4 is 4.74 Å². The van der Waals surface area contributed by atoms with Crippen molar-refractivity contribution in [1.82, 2.24) is 0 Å². The van der Waals surface area contributed by atoms with Crippen LogP contribution in [0.15, 0.2) is 60.7 Å². The molecule has 0 aliphatic rings. The maximum Gasteiger partial charge on any atom is 0.119 e. The monoisotopic (exact) mass is 422 g/mol. The van der Waals surface area contributed by atoms with E-state index in [1.54, 1.807) is 24.3 Å².